The van der Waals surface area contributed by atoms with E-state index >= 15 is 0 Å². The van der Waals surface area contributed by atoms with Crippen molar-refractivity contribution in [2.45, 2.75) is 18.8 Å². The molecule has 0 aliphatic heterocycles. The third-order valence-corrected chi connectivity index (χ3v) is 2.97. The van der Waals surface area contributed by atoms with Crippen molar-refractivity contribution in [2.75, 3.05) is 0 Å². The van der Waals surface area contributed by atoms with Crippen LogP contribution < -0.4 is 0 Å². The van der Waals surface area contributed by atoms with E-state index < -0.39 is 17.7 Å². The van der Waals surface area contributed by atoms with Crippen LogP contribution in [0.1, 0.15) is 24.3 Å². The van der Waals surface area contributed by atoms with Crippen LogP contribution in [0.5, 0.6) is 0 Å². The summed E-state index contributed by atoms with van der Waals surface area (Å²) in [6.45, 7) is 0. The second-order valence-corrected chi connectivity index (χ2v) is 4.05. The lowest BCUT2D eigenvalue weighted by Crippen LogP contribution is -2.16. The predicted molar refractivity (Wildman–Crippen MR) is 54.5 cm³/mol. The van der Waals surface area contributed by atoms with Crippen LogP contribution in [0, 0.1) is 11.7 Å². The largest absolute Gasteiger partial charge is 0.481 e. The quantitative estimate of drug-likeness (QED) is 0.832. The van der Waals surface area contributed by atoms with Crippen molar-refractivity contribution in [3.8, 4) is 0 Å². The molecule has 1 aliphatic carbocycles. The van der Waals surface area contributed by atoms with E-state index in [2.05, 4.69) is 0 Å². The van der Waals surface area contributed by atoms with Crippen molar-refractivity contribution < 1.29 is 19.1 Å². The Balaban J connectivity index is 2.32. The molecule has 0 bridgehead atoms. The molecule has 1 N–H and O–H groups in total. The summed E-state index contributed by atoms with van der Waals surface area (Å²) in [6.07, 6.45) is 0.247. The molecule has 4 heteroatoms. The van der Waals surface area contributed by atoms with Gasteiger partial charge in [0.25, 0.3) is 0 Å². The summed E-state index contributed by atoms with van der Waals surface area (Å²) in [6, 6.07) is 5.81. The first kappa shape index (κ1) is 10.8. The van der Waals surface area contributed by atoms with Crippen LogP contribution in [-0.2, 0) is 9.59 Å². The maximum Gasteiger partial charge on any atom is 0.307 e. The molecule has 0 aromatic heterocycles. The third kappa shape index (κ3) is 1.96. The molecule has 0 saturated heterocycles. The van der Waals surface area contributed by atoms with Gasteiger partial charge in [-0.15, -0.1) is 0 Å². The molecule has 84 valence electrons. The molecule has 2 atom stereocenters. The summed E-state index contributed by atoms with van der Waals surface area (Å²) in [7, 11) is 0. The average molecular weight is 222 g/mol. The zero-order valence-electron chi connectivity index (χ0n) is 8.52. The number of rotatable bonds is 2. The summed E-state index contributed by atoms with van der Waals surface area (Å²) >= 11 is 0. The monoisotopic (exact) mass is 222 g/mol. The van der Waals surface area contributed by atoms with Gasteiger partial charge in [0.05, 0.1) is 5.92 Å². The van der Waals surface area contributed by atoms with Crippen molar-refractivity contribution in [1.82, 2.24) is 0 Å². The molecule has 0 amide bonds. The van der Waals surface area contributed by atoms with Gasteiger partial charge in [-0.05, 0) is 17.7 Å². The molecule has 16 heavy (non-hydrogen) atoms. The van der Waals surface area contributed by atoms with Gasteiger partial charge >= 0.3 is 5.97 Å². The number of carboxylic acids is 1. The van der Waals surface area contributed by atoms with Gasteiger partial charge in [-0.1, -0.05) is 12.1 Å². The second-order valence-electron chi connectivity index (χ2n) is 4.05. The molecule has 2 rings (SSSR count). The Morgan fingerprint density at radius 3 is 2.75 bits per heavy atom. The van der Waals surface area contributed by atoms with E-state index in [0.29, 0.717) is 5.56 Å². The minimum absolute atomic E-state index is 0.0521. The molecular formula is C12H11FO3. The Kier molecular flexibility index (Phi) is 2.73. The SMILES string of the molecule is O=C1CC(C(=O)O)C(c2cccc(F)c2)C1. The number of hydrogen-bond donors (Lipinski definition) is 1. The van der Waals surface area contributed by atoms with Crippen LogP contribution in [0.4, 0.5) is 4.39 Å². The van der Waals surface area contributed by atoms with Crippen LogP contribution >= 0.6 is 0 Å². The topological polar surface area (TPSA) is 54.4 Å². The number of benzene rings is 1. The van der Waals surface area contributed by atoms with E-state index in [4.69, 9.17) is 5.11 Å². The molecule has 0 radical (unpaired) electrons. The molecule has 1 aromatic rings. The first-order chi connectivity index (χ1) is 7.58. The van der Waals surface area contributed by atoms with Crippen LogP contribution in [0.3, 0.4) is 0 Å². The van der Waals surface area contributed by atoms with Gasteiger partial charge in [-0.25, -0.2) is 4.39 Å². The molecule has 1 saturated carbocycles. The molecule has 3 nitrogen and oxygen atoms in total. The van der Waals surface area contributed by atoms with Crippen LogP contribution in [0.15, 0.2) is 24.3 Å². The molecular weight excluding hydrogens is 211 g/mol. The molecule has 1 fully saturated rings. The lowest BCUT2D eigenvalue weighted by molar-refractivity contribution is -0.142. The highest BCUT2D eigenvalue weighted by molar-refractivity contribution is 5.89. The van der Waals surface area contributed by atoms with Crippen molar-refractivity contribution in [3.05, 3.63) is 35.6 Å². The Labute approximate surface area is 91.9 Å². The highest BCUT2D eigenvalue weighted by Crippen LogP contribution is 2.37. The number of carboxylic acid groups (broad SMARTS) is 1. The number of carbonyl (C=O) groups excluding carboxylic acids is 1. The normalized spacial score (nSPS) is 24.7. The summed E-state index contributed by atoms with van der Waals surface area (Å²) in [5.41, 5.74) is 0.596. The van der Waals surface area contributed by atoms with Gasteiger partial charge in [0.15, 0.2) is 0 Å². The van der Waals surface area contributed by atoms with Crippen LogP contribution in [-0.4, -0.2) is 16.9 Å². The Morgan fingerprint density at radius 1 is 1.38 bits per heavy atom. The van der Waals surface area contributed by atoms with Crippen molar-refractivity contribution in [2.24, 2.45) is 5.92 Å². The fourth-order valence-electron chi connectivity index (χ4n) is 2.21. The van der Waals surface area contributed by atoms with Crippen molar-refractivity contribution in [3.63, 3.8) is 0 Å². The fourth-order valence-corrected chi connectivity index (χ4v) is 2.21. The summed E-state index contributed by atoms with van der Waals surface area (Å²) in [5.74, 6) is -2.56. The molecule has 1 aromatic carbocycles. The zero-order chi connectivity index (χ0) is 11.7. The lowest BCUT2D eigenvalue weighted by Gasteiger charge is -2.14. The van der Waals surface area contributed by atoms with E-state index in [-0.39, 0.29) is 24.5 Å². The van der Waals surface area contributed by atoms with E-state index in [9.17, 15) is 14.0 Å². The molecule has 0 heterocycles. The molecule has 2 unspecified atom stereocenters. The highest BCUT2D eigenvalue weighted by atomic mass is 19.1. The van der Waals surface area contributed by atoms with Gasteiger partial charge in [-0.3, -0.25) is 9.59 Å². The number of aliphatic carboxylic acids is 1. The number of Topliss-reactive ketones (excluding diaryl/α,β-unsaturated/α-hetero) is 1. The summed E-state index contributed by atoms with van der Waals surface area (Å²) in [4.78, 5) is 22.2. The van der Waals surface area contributed by atoms with Crippen molar-refractivity contribution >= 4 is 11.8 Å². The number of carbonyl (C=O) groups is 2. The highest BCUT2D eigenvalue weighted by Gasteiger charge is 2.38. The van der Waals surface area contributed by atoms with Gasteiger partial charge in [-0.2, -0.15) is 0 Å². The van der Waals surface area contributed by atoms with Crippen molar-refractivity contribution in [1.29, 1.82) is 0 Å². The Hall–Kier alpha value is -1.71. The van der Waals surface area contributed by atoms with Gasteiger partial charge < -0.3 is 5.11 Å². The smallest absolute Gasteiger partial charge is 0.307 e. The van der Waals surface area contributed by atoms with E-state index in [0.717, 1.165) is 0 Å². The Morgan fingerprint density at radius 2 is 2.12 bits per heavy atom. The second kappa shape index (κ2) is 4.04. The van der Waals surface area contributed by atoms with Crippen LogP contribution in [0.2, 0.25) is 0 Å². The maximum absolute atomic E-state index is 13.0. The van der Waals surface area contributed by atoms with Gasteiger partial charge in [0, 0.05) is 18.8 Å². The van der Waals surface area contributed by atoms with Gasteiger partial charge in [0.2, 0.25) is 0 Å². The minimum atomic E-state index is -0.986. The third-order valence-electron chi connectivity index (χ3n) is 2.97. The number of halogens is 1. The minimum Gasteiger partial charge on any atom is -0.481 e. The first-order valence-corrected chi connectivity index (χ1v) is 5.08. The standard InChI is InChI=1S/C12H11FO3/c13-8-3-1-2-7(4-8)10-5-9(14)6-11(10)12(15)16/h1-4,10-11H,5-6H2,(H,15,16). The summed E-state index contributed by atoms with van der Waals surface area (Å²) in [5, 5.41) is 8.99. The van der Waals surface area contributed by atoms with Gasteiger partial charge in [0.1, 0.15) is 11.6 Å². The fraction of sp³-hybridized carbons (Fsp3) is 0.333. The molecule has 1 aliphatic rings. The van der Waals surface area contributed by atoms with Crippen LogP contribution in [0.25, 0.3) is 0 Å². The predicted octanol–water partition coefficient (Wildman–Crippen LogP) is 1.97. The van der Waals surface area contributed by atoms with E-state index in [1.54, 1.807) is 6.07 Å². The number of hydrogen-bond acceptors (Lipinski definition) is 2. The lowest BCUT2D eigenvalue weighted by atomic mass is 9.89. The van der Waals surface area contributed by atoms with E-state index in [1.807, 2.05) is 0 Å². The average Bonchev–Trinajstić information content (AvgIpc) is 2.60. The maximum atomic E-state index is 13.0. The Bertz CT molecular complexity index is 442. The number of ketones is 1. The zero-order valence-corrected chi connectivity index (χ0v) is 8.52. The first-order valence-electron chi connectivity index (χ1n) is 5.08. The van der Waals surface area contributed by atoms with E-state index in [1.165, 1.54) is 18.2 Å². The molecule has 0 spiro atoms. The summed E-state index contributed by atoms with van der Waals surface area (Å²) < 4.78 is 13.0.